The SMILES string of the molecule is CC1CC(=O)N(OC(=O)CC(=O)N2Cc3ccccc3C#Cc3ccccc32)C1=O. The first-order chi connectivity index (χ1) is 14.4. The first-order valence-corrected chi connectivity index (χ1v) is 9.51. The fourth-order valence-corrected chi connectivity index (χ4v) is 3.41. The molecule has 3 amide bonds. The molecule has 2 aliphatic rings. The Balaban J connectivity index is 1.58. The summed E-state index contributed by atoms with van der Waals surface area (Å²) in [6.07, 6.45) is -0.635. The van der Waals surface area contributed by atoms with E-state index in [-0.39, 0.29) is 13.0 Å². The molecule has 0 spiro atoms. The maximum atomic E-state index is 13.0. The second-order valence-electron chi connectivity index (χ2n) is 7.18. The summed E-state index contributed by atoms with van der Waals surface area (Å²) in [5.74, 6) is 3.01. The number of carbonyl (C=O) groups is 4. The summed E-state index contributed by atoms with van der Waals surface area (Å²) in [6.45, 7) is 1.81. The van der Waals surface area contributed by atoms with Gasteiger partial charge in [0.05, 0.1) is 12.2 Å². The molecule has 2 heterocycles. The molecule has 2 aromatic rings. The zero-order chi connectivity index (χ0) is 21.3. The maximum Gasteiger partial charge on any atom is 0.342 e. The van der Waals surface area contributed by atoms with E-state index in [9.17, 15) is 19.2 Å². The second-order valence-corrected chi connectivity index (χ2v) is 7.18. The van der Waals surface area contributed by atoms with Gasteiger partial charge in [-0.2, -0.15) is 0 Å². The average Bonchev–Trinajstić information content (AvgIpc) is 2.95. The van der Waals surface area contributed by atoms with Crippen molar-refractivity contribution in [3.63, 3.8) is 0 Å². The smallest absolute Gasteiger partial charge is 0.330 e. The molecule has 0 aliphatic carbocycles. The number of para-hydroxylation sites is 1. The molecule has 0 aromatic heterocycles. The standard InChI is InChI=1S/C23H18N2O5/c1-15-12-21(27)25(23(15)29)30-22(28)13-20(26)24-14-18-8-3-2-6-16(18)10-11-17-7-4-5-9-19(17)24/h2-9,15H,12-14H2,1H3. The van der Waals surface area contributed by atoms with Crippen LogP contribution in [0.1, 0.15) is 36.5 Å². The largest absolute Gasteiger partial charge is 0.342 e. The third kappa shape index (κ3) is 3.67. The quantitative estimate of drug-likeness (QED) is 0.446. The normalized spacial score (nSPS) is 17.3. The Morgan fingerprint density at radius 1 is 1.03 bits per heavy atom. The number of benzene rings is 2. The van der Waals surface area contributed by atoms with E-state index >= 15 is 0 Å². The molecule has 2 aromatic carbocycles. The van der Waals surface area contributed by atoms with Crippen LogP contribution in [0, 0.1) is 17.8 Å². The van der Waals surface area contributed by atoms with Gasteiger partial charge in [-0.15, -0.1) is 5.06 Å². The highest BCUT2D eigenvalue weighted by Crippen LogP contribution is 2.26. The number of carbonyl (C=O) groups excluding carboxylic acids is 4. The van der Waals surface area contributed by atoms with Crippen molar-refractivity contribution in [2.45, 2.75) is 26.3 Å². The van der Waals surface area contributed by atoms with Crippen LogP contribution in [0.2, 0.25) is 0 Å². The summed E-state index contributed by atoms with van der Waals surface area (Å²) >= 11 is 0. The predicted octanol–water partition coefficient (Wildman–Crippen LogP) is 2.18. The third-order valence-electron chi connectivity index (χ3n) is 4.99. The van der Waals surface area contributed by atoms with Crippen molar-refractivity contribution in [1.82, 2.24) is 5.06 Å². The van der Waals surface area contributed by atoms with Gasteiger partial charge in [0.2, 0.25) is 5.91 Å². The van der Waals surface area contributed by atoms with E-state index in [4.69, 9.17) is 4.84 Å². The van der Waals surface area contributed by atoms with Gasteiger partial charge in [0.1, 0.15) is 6.42 Å². The number of amides is 3. The van der Waals surface area contributed by atoms with E-state index in [0.717, 1.165) is 11.1 Å². The molecule has 150 valence electrons. The van der Waals surface area contributed by atoms with Crippen molar-refractivity contribution < 1.29 is 24.0 Å². The zero-order valence-corrected chi connectivity index (χ0v) is 16.3. The molecule has 1 fully saturated rings. The Morgan fingerprint density at radius 3 is 2.43 bits per heavy atom. The highest BCUT2D eigenvalue weighted by Gasteiger charge is 2.39. The van der Waals surface area contributed by atoms with Gasteiger partial charge in [-0.25, -0.2) is 4.79 Å². The van der Waals surface area contributed by atoms with Gasteiger partial charge in [-0.05, 0) is 23.8 Å². The number of hydrogen-bond acceptors (Lipinski definition) is 5. The summed E-state index contributed by atoms with van der Waals surface area (Å²) in [6, 6.07) is 14.7. The molecule has 4 rings (SSSR count). The Kier molecular flexibility index (Phi) is 5.07. The van der Waals surface area contributed by atoms with E-state index in [1.165, 1.54) is 4.90 Å². The van der Waals surface area contributed by atoms with Crippen LogP contribution in [-0.4, -0.2) is 28.8 Å². The topological polar surface area (TPSA) is 84.0 Å². The van der Waals surface area contributed by atoms with Crippen LogP contribution in [0.4, 0.5) is 5.69 Å². The summed E-state index contributed by atoms with van der Waals surface area (Å²) in [7, 11) is 0. The first kappa shape index (κ1) is 19.4. The van der Waals surface area contributed by atoms with Gasteiger partial charge < -0.3 is 9.74 Å². The number of rotatable bonds is 3. The second kappa shape index (κ2) is 7.84. The van der Waals surface area contributed by atoms with Crippen molar-refractivity contribution in [2.75, 3.05) is 4.90 Å². The number of nitrogens with zero attached hydrogens (tertiary/aromatic N) is 2. The molecule has 1 unspecified atom stereocenters. The molecule has 1 atom stereocenters. The van der Waals surface area contributed by atoms with E-state index in [1.807, 2.05) is 30.3 Å². The first-order valence-electron chi connectivity index (χ1n) is 9.51. The molecule has 0 N–H and O–H groups in total. The molecular formula is C23H18N2O5. The van der Waals surface area contributed by atoms with Crippen LogP contribution < -0.4 is 4.90 Å². The number of hydroxylamine groups is 2. The Labute approximate surface area is 173 Å². The highest BCUT2D eigenvalue weighted by atomic mass is 16.7. The molecular weight excluding hydrogens is 384 g/mol. The predicted molar refractivity (Wildman–Crippen MR) is 106 cm³/mol. The number of anilines is 1. The van der Waals surface area contributed by atoms with Gasteiger partial charge in [-0.1, -0.05) is 49.1 Å². The minimum absolute atomic E-state index is 0.0188. The Morgan fingerprint density at radius 2 is 1.70 bits per heavy atom. The van der Waals surface area contributed by atoms with E-state index in [0.29, 0.717) is 16.3 Å². The monoisotopic (exact) mass is 402 g/mol. The van der Waals surface area contributed by atoms with E-state index < -0.39 is 36.0 Å². The maximum absolute atomic E-state index is 13.0. The van der Waals surface area contributed by atoms with E-state index in [2.05, 4.69) is 11.8 Å². The number of fused-ring (bicyclic) bond motifs is 2. The molecule has 0 radical (unpaired) electrons. The van der Waals surface area contributed by atoms with E-state index in [1.54, 1.807) is 25.1 Å². The van der Waals surface area contributed by atoms with Gasteiger partial charge in [0, 0.05) is 23.5 Å². The molecule has 7 nitrogen and oxygen atoms in total. The minimum Gasteiger partial charge on any atom is -0.330 e. The van der Waals surface area contributed by atoms with Crippen LogP contribution >= 0.6 is 0 Å². The Hall–Kier alpha value is -3.92. The molecule has 30 heavy (non-hydrogen) atoms. The molecule has 0 bridgehead atoms. The summed E-state index contributed by atoms with van der Waals surface area (Å²) in [5.41, 5.74) is 2.89. The van der Waals surface area contributed by atoms with Gasteiger partial charge in [0.25, 0.3) is 11.8 Å². The fourth-order valence-electron chi connectivity index (χ4n) is 3.41. The van der Waals surface area contributed by atoms with Gasteiger partial charge in [0.15, 0.2) is 0 Å². The molecule has 2 aliphatic heterocycles. The number of hydrogen-bond donors (Lipinski definition) is 0. The molecule has 7 heteroatoms. The average molecular weight is 402 g/mol. The van der Waals surface area contributed by atoms with Crippen LogP contribution in [-0.2, 0) is 30.6 Å². The third-order valence-corrected chi connectivity index (χ3v) is 4.99. The fraction of sp³-hybridized carbons (Fsp3) is 0.217. The van der Waals surface area contributed by atoms with Crippen molar-refractivity contribution in [3.05, 3.63) is 65.2 Å². The lowest BCUT2D eigenvalue weighted by molar-refractivity contribution is -0.198. The van der Waals surface area contributed by atoms with Crippen LogP contribution in [0.15, 0.2) is 48.5 Å². The van der Waals surface area contributed by atoms with Crippen molar-refractivity contribution >= 4 is 29.4 Å². The lowest BCUT2D eigenvalue weighted by Gasteiger charge is -2.26. The van der Waals surface area contributed by atoms with Crippen molar-refractivity contribution in [1.29, 1.82) is 0 Å². The highest BCUT2D eigenvalue weighted by molar-refractivity contribution is 6.06. The minimum atomic E-state index is -0.963. The number of imide groups is 1. The van der Waals surface area contributed by atoms with Crippen LogP contribution in [0.5, 0.6) is 0 Å². The van der Waals surface area contributed by atoms with Gasteiger partial charge >= 0.3 is 5.97 Å². The summed E-state index contributed by atoms with van der Waals surface area (Å²) in [4.78, 5) is 55.5. The zero-order valence-electron chi connectivity index (χ0n) is 16.3. The summed E-state index contributed by atoms with van der Waals surface area (Å²) < 4.78 is 0. The van der Waals surface area contributed by atoms with Gasteiger partial charge in [-0.3, -0.25) is 14.4 Å². The van der Waals surface area contributed by atoms with Crippen LogP contribution in [0.25, 0.3) is 0 Å². The Bertz CT molecular complexity index is 1130. The van der Waals surface area contributed by atoms with Crippen molar-refractivity contribution in [2.24, 2.45) is 5.92 Å². The lowest BCUT2D eigenvalue weighted by atomic mass is 10.0. The molecule has 0 saturated carbocycles. The summed E-state index contributed by atoms with van der Waals surface area (Å²) in [5, 5.41) is 0.461. The lowest BCUT2D eigenvalue weighted by Crippen LogP contribution is -2.37. The molecule has 1 saturated heterocycles. The van der Waals surface area contributed by atoms with Crippen molar-refractivity contribution in [3.8, 4) is 11.8 Å². The van der Waals surface area contributed by atoms with Crippen LogP contribution in [0.3, 0.4) is 0 Å².